The highest BCUT2D eigenvalue weighted by Gasteiger charge is 2.23. The van der Waals surface area contributed by atoms with Crippen molar-refractivity contribution in [1.29, 1.82) is 0 Å². The molecule has 1 aliphatic heterocycles. The summed E-state index contributed by atoms with van der Waals surface area (Å²) in [6.07, 6.45) is 1.25. The maximum absolute atomic E-state index is 12.1. The molecule has 1 N–H and O–H groups in total. The van der Waals surface area contributed by atoms with E-state index in [-0.39, 0.29) is 6.10 Å². The number of carbonyl (C=O) groups is 1. The molecule has 5 nitrogen and oxygen atoms in total. The fraction of sp³-hybridized carbons (Fsp3) is 0.333. The van der Waals surface area contributed by atoms with Crippen LogP contribution in [0.5, 0.6) is 0 Å². The molecule has 0 fully saturated rings. The Balaban J connectivity index is 1.69. The molecule has 1 heterocycles. The van der Waals surface area contributed by atoms with Crippen LogP contribution in [-0.2, 0) is 16.1 Å². The molecule has 0 bridgehead atoms. The van der Waals surface area contributed by atoms with E-state index >= 15 is 0 Å². The van der Waals surface area contributed by atoms with E-state index in [1.165, 1.54) is 0 Å². The Kier molecular flexibility index (Phi) is 7.29. The number of halogens is 1. The molecule has 0 aromatic heterocycles. The molecule has 6 heteroatoms. The molecular weight excluding hydrogens is 400 g/mol. The third-order valence-corrected chi connectivity index (χ3v) is 4.68. The van der Waals surface area contributed by atoms with Crippen LogP contribution in [0.15, 0.2) is 71.2 Å². The first-order valence-electron chi connectivity index (χ1n) is 9.93. The summed E-state index contributed by atoms with van der Waals surface area (Å²) in [4.78, 5) is 16.8. The van der Waals surface area contributed by atoms with Crippen molar-refractivity contribution in [2.45, 2.75) is 39.1 Å². The van der Waals surface area contributed by atoms with Gasteiger partial charge in [-0.25, -0.2) is 4.79 Å². The van der Waals surface area contributed by atoms with E-state index in [0.29, 0.717) is 24.7 Å². The molecular formula is C24H27ClN2O3. The lowest BCUT2D eigenvalue weighted by Crippen LogP contribution is -2.38. The van der Waals surface area contributed by atoms with Crippen LogP contribution in [-0.4, -0.2) is 36.6 Å². The molecule has 0 saturated heterocycles. The third-order valence-electron chi connectivity index (χ3n) is 4.43. The van der Waals surface area contributed by atoms with Crippen LogP contribution in [0.1, 0.15) is 31.9 Å². The highest BCUT2D eigenvalue weighted by Crippen LogP contribution is 2.20. The number of benzene rings is 2. The summed E-state index contributed by atoms with van der Waals surface area (Å²) in [7, 11) is 0. The Hall–Kier alpha value is -2.63. The van der Waals surface area contributed by atoms with Crippen molar-refractivity contribution in [3.63, 3.8) is 0 Å². The Morgan fingerprint density at radius 2 is 1.83 bits per heavy atom. The zero-order chi connectivity index (χ0) is 21.6. The summed E-state index contributed by atoms with van der Waals surface area (Å²) in [5, 5.41) is 3.51. The van der Waals surface area contributed by atoms with E-state index in [2.05, 4.69) is 10.3 Å². The van der Waals surface area contributed by atoms with Gasteiger partial charge in [0, 0.05) is 5.02 Å². The Morgan fingerprint density at radius 3 is 2.50 bits per heavy atom. The summed E-state index contributed by atoms with van der Waals surface area (Å²) < 4.78 is 11.5. The molecule has 1 unspecified atom stereocenters. The lowest BCUT2D eigenvalue weighted by molar-refractivity contribution is 0.0395. The number of ether oxygens (including phenoxy) is 2. The van der Waals surface area contributed by atoms with Gasteiger partial charge in [0.15, 0.2) is 0 Å². The van der Waals surface area contributed by atoms with E-state index in [0.717, 1.165) is 22.4 Å². The summed E-state index contributed by atoms with van der Waals surface area (Å²) >= 11 is 5.99. The van der Waals surface area contributed by atoms with Crippen molar-refractivity contribution in [2.24, 2.45) is 4.99 Å². The van der Waals surface area contributed by atoms with Gasteiger partial charge in [-0.1, -0.05) is 54.1 Å². The van der Waals surface area contributed by atoms with Crippen molar-refractivity contribution in [2.75, 3.05) is 13.1 Å². The Labute approximate surface area is 182 Å². The largest absolute Gasteiger partial charge is 0.444 e. The standard InChI is InChI=1S/C24H27ClN2O3/c1-24(2,3)30-23(28)27-15-22(29-16-17-7-5-4-6-8-17)19-13-21(26-14-19)18-9-11-20(25)12-10-18/h4-13,22H,14-16H2,1-3H3,(H,27,28). The fourth-order valence-electron chi connectivity index (χ4n) is 2.99. The van der Waals surface area contributed by atoms with Crippen molar-refractivity contribution >= 4 is 23.4 Å². The van der Waals surface area contributed by atoms with E-state index in [1.54, 1.807) is 0 Å². The number of carbonyl (C=O) groups excluding carboxylic acids is 1. The van der Waals surface area contributed by atoms with Crippen LogP contribution < -0.4 is 5.32 Å². The van der Waals surface area contributed by atoms with Gasteiger partial charge in [0.05, 0.1) is 31.5 Å². The average molecular weight is 427 g/mol. The van der Waals surface area contributed by atoms with Crippen LogP contribution in [0.4, 0.5) is 4.79 Å². The first-order valence-corrected chi connectivity index (χ1v) is 10.3. The molecule has 2 aromatic rings. The second-order valence-corrected chi connectivity index (χ2v) is 8.53. The van der Waals surface area contributed by atoms with Gasteiger partial charge in [-0.3, -0.25) is 4.99 Å². The lowest BCUT2D eigenvalue weighted by atomic mass is 10.1. The minimum absolute atomic E-state index is 0.303. The van der Waals surface area contributed by atoms with Crippen LogP contribution >= 0.6 is 11.6 Å². The molecule has 2 aromatic carbocycles. The smallest absolute Gasteiger partial charge is 0.407 e. The van der Waals surface area contributed by atoms with Gasteiger partial charge in [0.1, 0.15) is 5.60 Å². The maximum Gasteiger partial charge on any atom is 0.407 e. The van der Waals surface area contributed by atoms with Crippen LogP contribution in [0.25, 0.3) is 0 Å². The van der Waals surface area contributed by atoms with Gasteiger partial charge in [0.25, 0.3) is 0 Å². The summed E-state index contributed by atoms with van der Waals surface area (Å²) in [6, 6.07) is 17.5. The van der Waals surface area contributed by atoms with Gasteiger partial charge in [-0.15, -0.1) is 0 Å². The second kappa shape index (κ2) is 9.92. The van der Waals surface area contributed by atoms with E-state index < -0.39 is 11.7 Å². The first kappa shape index (κ1) is 22.1. The number of alkyl carbamates (subject to hydrolysis) is 1. The molecule has 0 saturated carbocycles. The molecule has 0 aliphatic carbocycles. The number of rotatable bonds is 7. The number of nitrogens with zero attached hydrogens (tertiary/aromatic N) is 1. The maximum atomic E-state index is 12.1. The van der Waals surface area contributed by atoms with Gasteiger partial charge in [0.2, 0.25) is 0 Å². The van der Waals surface area contributed by atoms with Crippen molar-refractivity contribution in [3.05, 3.63) is 82.4 Å². The zero-order valence-electron chi connectivity index (χ0n) is 17.5. The van der Waals surface area contributed by atoms with Crippen LogP contribution in [0.3, 0.4) is 0 Å². The van der Waals surface area contributed by atoms with Gasteiger partial charge < -0.3 is 14.8 Å². The number of nitrogens with one attached hydrogen (secondary N) is 1. The highest BCUT2D eigenvalue weighted by molar-refractivity contribution is 6.30. The van der Waals surface area contributed by atoms with Gasteiger partial charge >= 0.3 is 6.09 Å². The van der Waals surface area contributed by atoms with E-state index in [4.69, 9.17) is 21.1 Å². The van der Waals surface area contributed by atoms with Crippen LogP contribution in [0.2, 0.25) is 5.02 Å². The number of hydrogen-bond donors (Lipinski definition) is 1. The first-order chi connectivity index (χ1) is 14.3. The SMILES string of the molecule is CC(C)(C)OC(=O)NCC(OCc1ccccc1)C1=CC(c2ccc(Cl)cc2)=NC1. The van der Waals surface area contributed by atoms with Crippen molar-refractivity contribution in [1.82, 2.24) is 5.32 Å². The van der Waals surface area contributed by atoms with Crippen molar-refractivity contribution < 1.29 is 14.3 Å². The molecule has 158 valence electrons. The minimum Gasteiger partial charge on any atom is -0.444 e. The number of allylic oxidation sites excluding steroid dienone is 1. The predicted octanol–water partition coefficient (Wildman–Crippen LogP) is 5.18. The van der Waals surface area contributed by atoms with Gasteiger partial charge in [-0.05, 0) is 55.7 Å². The molecule has 0 spiro atoms. The molecule has 1 aliphatic rings. The van der Waals surface area contributed by atoms with E-state index in [1.807, 2.05) is 81.4 Å². The quantitative estimate of drug-likeness (QED) is 0.663. The fourth-order valence-corrected chi connectivity index (χ4v) is 3.12. The minimum atomic E-state index is -0.554. The predicted molar refractivity (Wildman–Crippen MR) is 120 cm³/mol. The normalized spacial score (nSPS) is 14.7. The summed E-state index contributed by atoms with van der Waals surface area (Å²) in [5.74, 6) is 0. The number of aliphatic imine (C=N–C) groups is 1. The lowest BCUT2D eigenvalue weighted by Gasteiger charge is -2.23. The van der Waals surface area contributed by atoms with Gasteiger partial charge in [-0.2, -0.15) is 0 Å². The third kappa shape index (κ3) is 6.71. The summed E-state index contributed by atoms with van der Waals surface area (Å²) in [6.45, 7) is 6.77. The molecule has 0 radical (unpaired) electrons. The Bertz CT molecular complexity index is 916. The second-order valence-electron chi connectivity index (χ2n) is 8.10. The Morgan fingerprint density at radius 1 is 1.13 bits per heavy atom. The number of hydrogen-bond acceptors (Lipinski definition) is 4. The van der Waals surface area contributed by atoms with E-state index in [9.17, 15) is 4.79 Å². The highest BCUT2D eigenvalue weighted by atomic mass is 35.5. The average Bonchev–Trinajstić information content (AvgIpc) is 3.18. The van der Waals surface area contributed by atoms with Crippen LogP contribution in [0, 0.1) is 0 Å². The molecule has 1 amide bonds. The molecule has 30 heavy (non-hydrogen) atoms. The topological polar surface area (TPSA) is 59.9 Å². The molecule has 3 rings (SSSR count). The molecule has 1 atom stereocenters. The zero-order valence-corrected chi connectivity index (χ0v) is 18.3. The number of amides is 1. The monoisotopic (exact) mass is 426 g/mol. The summed E-state index contributed by atoms with van der Waals surface area (Å²) in [5.41, 5.74) is 3.40. The van der Waals surface area contributed by atoms with Crippen molar-refractivity contribution in [3.8, 4) is 0 Å².